The minimum atomic E-state index is 0.541. The molecule has 0 fully saturated rings. The second-order valence-electron chi connectivity index (χ2n) is 4.34. The Balaban J connectivity index is 2.59. The highest BCUT2D eigenvalue weighted by Gasteiger charge is 2.15. The Morgan fingerprint density at radius 3 is 2.65 bits per heavy atom. The second kappa shape index (κ2) is 5.57. The van der Waals surface area contributed by atoms with E-state index in [-0.39, 0.29) is 0 Å². The van der Waals surface area contributed by atoms with Crippen molar-refractivity contribution in [3.8, 4) is 17.1 Å². The van der Waals surface area contributed by atoms with E-state index in [2.05, 4.69) is 18.3 Å². The van der Waals surface area contributed by atoms with Crippen molar-refractivity contribution in [2.24, 2.45) is 4.99 Å². The van der Waals surface area contributed by atoms with Crippen molar-refractivity contribution in [1.29, 1.82) is 0 Å². The van der Waals surface area contributed by atoms with Gasteiger partial charge in [0.2, 0.25) is 0 Å². The van der Waals surface area contributed by atoms with Crippen LogP contribution >= 0.6 is 0 Å². The third-order valence-corrected chi connectivity index (χ3v) is 2.90. The van der Waals surface area contributed by atoms with Gasteiger partial charge in [0.05, 0.1) is 12.7 Å². The summed E-state index contributed by atoms with van der Waals surface area (Å²) < 4.78 is 11.1. The van der Waals surface area contributed by atoms with Gasteiger partial charge in [-0.2, -0.15) is 0 Å². The largest absolute Gasteiger partial charge is 0.496 e. The van der Waals surface area contributed by atoms with Crippen molar-refractivity contribution in [3.63, 3.8) is 0 Å². The average molecular weight is 269 g/mol. The first-order chi connectivity index (χ1) is 9.60. The van der Waals surface area contributed by atoms with Crippen LogP contribution in [0.15, 0.2) is 40.3 Å². The van der Waals surface area contributed by atoms with Crippen LogP contribution in [-0.4, -0.2) is 20.1 Å². The number of methoxy groups -OCH3 is 1. The van der Waals surface area contributed by atoms with Gasteiger partial charge in [0.1, 0.15) is 23.5 Å². The Labute approximate surface area is 117 Å². The van der Waals surface area contributed by atoms with Gasteiger partial charge in [-0.3, -0.25) is 9.79 Å². The average Bonchev–Trinajstić information content (AvgIpc) is 2.90. The van der Waals surface area contributed by atoms with Gasteiger partial charge in [-0.25, -0.2) is 0 Å². The monoisotopic (exact) mass is 269 g/mol. The number of furan rings is 1. The zero-order valence-corrected chi connectivity index (χ0v) is 11.5. The van der Waals surface area contributed by atoms with Gasteiger partial charge in [0.25, 0.3) is 0 Å². The van der Waals surface area contributed by atoms with Gasteiger partial charge in [-0.1, -0.05) is 12.6 Å². The van der Waals surface area contributed by atoms with E-state index in [9.17, 15) is 4.79 Å². The molecule has 0 bridgehead atoms. The lowest BCUT2D eigenvalue weighted by Crippen LogP contribution is -1.89. The summed E-state index contributed by atoms with van der Waals surface area (Å²) >= 11 is 0. The van der Waals surface area contributed by atoms with E-state index < -0.39 is 0 Å². The number of carbonyl (C=O) groups excluding carboxylic acids is 1. The lowest BCUT2D eigenvalue weighted by atomic mass is 10.1. The molecule has 2 rings (SSSR count). The predicted octanol–water partition coefficient (Wildman–Crippen LogP) is 4.13. The zero-order chi connectivity index (χ0) is 14.7. The van der Waals surface area contributed by atoms with Crippen molar-refractivity contribution >= 4 is 24.3 Å². The molecule has 4 nitrogen and oxygen atoms in total. The summed E-state index contributed by atoms with van der Waals surface area (Å²) in [5.74, 6) is 1.75. The number of aldehydes is 1. The third-order valence-electron chi connectivity index (χ3n) is 2.90. The molecule has 0 saturated carbocycles. The number of ether oxygens (including phenoxy) is 1. The Morgan fingerprint density at radius 2 is 2.15 bits per heavy atom. The summed E-state index contributed by atoms with van der Waals surface area (Å²) in [6.07, 6.45) is 0.768. The highest BCUT2D eigenvalue weighted by atomic mass is 16.5. The summed E-state index contributed by atoms with van der Waals surface area (Å²) in [5, 5.41) is 0. The minimum Gasteiger partial charge on any atom is -0.496 e. The molecule has 0 aliphatic rings. The van der Waals surface area contributed by atoms with E-state index in [4.69, 9.17) is 9.15 Å². The quantitative estimate of drug-likeness (QED) is 0.605. The molecule has 0 atom stereocenters. The van der Waals surface area contributed by atoms with Crippen molar-refractivity contribution in [1.82, 2.24) is 0 Å². The highest BCUT2D eigenvalue weighted by Crippen LogP contribution is 2.38. The van der Waals surface area contributed by atoms with Gasteiger partial charge in [0.15, 0.2) is 5.76 Å². The summed E-state index contributed by atoms with van der Waals surface area (Å²) in [5.41, 5.74) is 2.69. The molecule has 0 aliphatic carbocycles. The standard InChI is InChI=1S/C16H15NO3/c1-10(2)16-13(17-3)8-15(20-16)12-6-5-11(9-18)7-14(12)19-4/h5-9H,1,3H2,2,4H3. The van der Waals surface area contributed by atoms with E-state index in [1.54, 1.807) is 31.4 Å². The third kappa shape index (κ3) is 2.40. The molecule has 0 aliphatic heterocycles. The van der Waals surface area contributed by atoms with Crippen LogP contribution in [0.25, 0.3) is 16.9 Å². The van der Waals surface area contributed by atoms with E-state index >= 15 is 0 Å². The van der Waals surface area contributed by atoms with E-state index in [0.717, 1.165) is 17.4 Å². The smallest absolute Gasteiger partial charge is 0.155 e. The minimum absolute atomic E-state index is 0.541. The maximum absolute atomic E-state index is 10.8. The van der Waals surface area contributed by atoms with Crippen LogP contribution < -0.4 is 4.74 Å². The predicted molar refractivity (Wildman–Crippen MR) is 80.0 cm³/mol. The molecule has 0 amide bonds. The van der Waals surface area contributed by atoms with Crippen LogP contribution in [0.2, 0.25) is 0 Å². The lowest BCUT2D eigenvalue weighted by Gasteiger charge is -2.06. The lowest BCUT2D eigenvalue weighted by molar-refractivity contribution is 0.112. The molecule has 1 heterocycles. The molecule has 2 aromatic rings. The summed E-state index contributed by atoms with van der Waals surface area (Å²) in [4.78, 5) is 14.7. The molecule has 4 heteroatoms. The number of rotatable bonds is 5. The molecule has 102 valence electrons. The van der Waals surface area contributed by atoms with Gasteiger partial charge < -0.3 is 9.15 Å². The summed E-state index contributed by atoms with van der Waals surface area (Å²) in [6.45, 7) is 9.21. The van der Waals surface area contributed by atoms with Crippen LogP contribution in [0.5, 0.6) is 5.75 Å². The number of nitrogens with zero attached hydrogens (tertiary/aromatic N) is 1. The van der Waals surface area contributed by atoms with Gasteiger partial charge >= 0.3 is 0 Å². The SMILES string of the molecule is C=Nc1cc(-c2ccc(C=O)cc2OC)oc1C(=C)C. The Morgan fingerprint density at radius 1 is 1.40 bits per heavy atom. The second-order valence-corrected chi connectivity index (χ2v) is 4.34. The van der Waals surface area contributed by atoms with Crippen molar-refractivity contribution in [2.45, 2.75) is 6.92 Å². The molecule has 0 spiro atoms. The van der Waals surface area contributed by atoms with E-state index in [1.165, 1.54) is 0 Å². The highest BCUT2D eigenvalue weighted by molar-refractivity contribution is 5.81. The Hall–Kier alpha value is -2.62. The topological polar surface area (TPSA) is 51.8 Å². The molecular weight excluding hydrogens is 254 g/mol. The maximum atomic E-state index is 10.8. The number of benzene rings is 1. The molecular formula is C16H15NO3. The van der Waals surface area contributed by atoms with Gasteiger partial charge in [0, 0.05) is 11.6 Å². The van der Waals surface area contributed by atoms with Crippen LogP contribution in [0.1, 0.15) is 23.0 Å². The van der Waals surface area contributed by atoms with Gasteiger partial charge in [-0.15, -0.1) is 0 Å². The number of hydrogen-bond acceptors (Lipinski definition) is 4. The first kappa shape index (κ1) is 13.8. The molecule has 1 aromatic carbocycles. The number of carbonyl (C=O) groups is 1. The van der Waals surface area contributed by atoms with Crippen LogP contribution in [-0.2, 0) is 0 Å². The number of hydrogen-bond donors (Lipinski definition) is 0. The Kier molecular flexibility index (Phi) is 3.84. The van der Waals surface area contributed by atoms with Crippen molar-refractivity contribution in [2.75, 3.05) is 7.11 Å². The zero-order valence-electron chi connectivity index (χ0n) is 11.5. The fraction of sp³-hybridized carbons (Fsp3) is 0.125. The molecule has 20 heavy (non-hydrogen) atoms. The molecule has 0 N–H and O–H groups in total. The van der Waals surface area contributed by atoms with Crippen LogP contribution in [0, 0.1) is 0 Å². The van der Waals surface area contributed by atoms with Crippen LogP contribution in [0.3, 0.4) is 0 Å². The maximum Gasteiger partial charge on any atom is 0.155 e. The first-order valence-electron chi connectivity index (χ1n) is 6.00. The summed E-state index contributed by atoms with van der Waals surface area (Å²) in [6, 6.07) is 6.91. The van der Waals surface area contributed by atoms with E-state index in [1.807, 2.05) is 6.92 Å². The number of allylic oxidation sites excluding steroid dienone is 1. The first-order valence-corrected chi connectivity index (χ1v) is 6.00. The fourth-order valence-electron chi connectivity index (χ4n) is 1.92. The van der Waals surface area contributed by atoms with Crippen molar-refractivity contribution in [3.05, 3.63) is 42.2 Å². The normalized spacial score (nSPS) is 10.1. The number of aliphatic imine (C=N–C) groups is 1. The summed E-state index contributed by atoms with van der Waals surface area (Å²) in [7, 11) is 1.54. The fourth-order valence-corrected chi connectivity index (χ4v) is 1.92. The molecule has 0 radical (unpaired) electrons. The van der Waals surface area contributed by atoms with Crippen LogP contribution in [0.4, 0.5) is 5.69 Å². The molecule has 0 unspecified atom stereocenters. The van der Waals surface area contributed by atoms with E-state index in [0.29, 0.717) is 28.5 Å². The van der Waals surface area contributed by atoms with Gasteiger partial charge in [-0.05, 0) is 31.3 Å². The van der Waals surface area contributed by atoms with Crippen molar-refractivity contribution < 1.29 is 13.9 Å². The molecule has 0 saturated heterocycles. The Bertz CT molecular complexity index is 683. The molecule has 1 aromatic heterocycles.